The highest BCUT2D eigenvalue weighted by molar-refractivity contribution is 6.33. The fraction of sp³-hybridized carbons (Fsp3) is 0.400. The topological polar surface area (TPSA) is 40.5 Å². The molecule has 1 unspecified atom stereocenters. The van der Waals surface area contributed by atoms with E-state index in [1.165, 1.54) is 0 Å². The summed E-state index contributed by atoms with van der Waals surface area (Å²) in [5.41, 5.74) is 1.67. The van der Waals surface area contributed by atoms with Crippen molar-refractivity contribution in [2.24, 2.45) is 5.92 Å². The maximum absolute atomic E-state index is 10.6. The Morgan fingerprint density at radius 1 is 1.37 bits per heavy atom. The number of carbonyl (C=O) groups is 1. The number of anilines is 1. The van der Waals surface area contributed by atoms with E-state index in [-0.39, 0.29) is 0 Å². The molecule has 1 N–H and O–H groups in total. The largest absolute Gasteiger partial charge is 0.478 e. The summed E-state index contributed by atoms with van der Waals surface area (Å²) in [6.45, 7) is 6.41. The van der Waals surface area contributed by atoms with Gasteiger partial charge in [-0.3, -0.25) is 0 Å². The van der Waals surface area contributed by atoms with Crippen molar-refractivity contribution in [1.82, 2.24) is 0 Å². The summed E-state index contributed by atoms with van der Waals surface area (Å²) < 4.78 is 0. The fourth-order valence-electron chi connectivity index (χ4n) is 1.85. The van der Waals surface area contributed by atoms with Crippen LogP contribution in [0, 0.1) is 5.92 Å². The van der Waals surface area contributed by atoms with Crippen molar-refractivity contribution in [2.75, 3.05) is 11.9 Å². The predicted octanol–water partition coefficient (Wildman–Crippen LogP) is 3.92. The summed E-state index contributed by atoms with van der Waals surface area (Å²) in [6.07, 6.45) is 2.70. The SMILES string of the molecule is CC(C)C(C)N(C)c1c(Cl)cccc1/C=C/C(=O)O. The van der Waals surface area contributed by atoms with Crippen LogP contribution in [0.15, 0.2) is 24.3 Å². The van der Waals surface area contributed by atoms with E-state index in [2.05, 4.69) is 25.7 Å². The maximum atomic E-state index is 10.6. The highest BCUT2D eigenvalue weighted by Gasteiger charge is 2.18. The molecule has 0 saturated heterocycles. The Labute approximate surface area is 119 Å². The summed E-state index contributed by atoms with van der Waals surface area (Å²) in [7, 11) is 1.98. The number of para-hydroxylation sites is 1. The molecule has 1 atom stereocenters. The number of carboxylic acid groups (broad SMARTS) is 1. The maximum Gasteiger partial charge on any atom is 0.328 e. The van der Waals surface area contributed by atoms with E-state index in [4.69, 9.17) is 16.7 Å². The third kappa shape index (κ3) is 4.00. The molecule has 19 heavy (non-hydrogen) atoms. The van der Waals surface area contributed by atoms with Gasteiger partial charge in [0.2, 0.25) is 0 Å². The quantitative estimate of drug-likeness (QED) is 0.832. The molecule has 0 saturated carbocycles. The van der Waals surface area contributed by atoms with Crippen molar-refractivity contribution in [3.05, 3.63) is 34.9 Å². The van der Waals surface area contributed by atoms with E-state index in [1.54, 1.807) is 6.08 Å². The lowest BCUT2D eigenvalue weighted by molar-refractivity contribution is -0.131. The number of hydrogen-bond donors (Lipinski definition) is 1. The molecule has 0 aromatic heterocycles. The molecule has 0 heterocycles. The molecule has 4 heteroatoms. The van der Waals surface area contributed by atoms with Gasteiger partial charge in [0.1, 0.15) is 0 Å². The fourth-order valence-corrected chi connectivity index (χ4v) is 2.17. The lowest BCUT2D eigenvalue weighted by atomic mass is 10.0. The first-order chi connectivity index (χ1) is 8.84. The molecule has 0 aliphatic rings. The van der Waals surface area contributed by atoms with Crippen LogP contribution in [-0.2, 0) is 4.79 Å². The molecule has 1 aromatic rings. The summed E-state index contributed by atoms with van der Waals surface area (Å²) in [5.74, 6) is -0.497. The molecular weight excluding hydrogens is 262 g/mol. The molecular formula is C15H20ClNO2. The third-order valence-corrected chi connectivity index (χ3v) is 3.66. The first-order valence-electron chi connectivity index (χ1n) is 6.27. The van der Waals surface area contributed by atoms with Crippen LogP contribution < -0.4 is 4.90 Å². The summed E-state index contributed by atoms with van der Waals surface area (Å²) >= 11 is 6.27. The van der Waals surface area contributed by atoms with Gasteiger partial charge in [-0.05, 0) is 30.5 Å². The summed E-state index contributed by atoms with van der Waals surface area (Å²) in [6, 6.07) is 5.81. The molecule has 3 nitrogen and oxygen atoms in total. The predicted molar refractivity (Wildman–Crippen MR) is 80.8 cm³/mol. The minimum atomic E-state index is -0.967. The standard InChI is InChI=1S/C15H20ClNO2/c1-10(2)11(3)17(4)15-12(8-9-14(18)19)6-5-7-13(15)16/h5-11H,1-4H3,(H,18,19)/b9-8+. The monoisotopic (exact) mass is 281 g/mol. The van der Waals surface area contributed by atoms with Crippen molar-refractivity contribution >= 4 is 29.3 Å². The Bertz CT molecular complexity index is 483. The van der Waals surface area contributed by atoms with Gasteiger partial charge in [0, 0.05) is 19.2 Å². The molecule has 1 aromatic carbocycles. The first kappa shape index (κ1) is 15.6. The van der Waals surface area contributed by atoms with Gasteiger partial charge in [-0.1, -0.05) is 37.6 Å². The van der Waals surface area contributed by atoms with E-state index in [9.17, 15) is 4.79 Å². The van der Waals surface area contributed by atoms with Gasteiger partial charge in [0.25, 0.3) is 0 Å². The van der Waals surface area contributed by atoms with Crippen LogP contribution in [0.4, 0.5) is 5.69 Å². The van der Waals surface area contributed by atoms with Gasteiger partial charge in [0.05, 0.1) is 10.7 Å². The zero-order chi connectivity index (χ0) is 14.6. The Balaban J connectivity index is 3.21. The van der Waals surface area contributed by atoms with Crippen LogP contribution in [0.3, 0.4) is 0 Å². The molecule has 0 bridgehead atoms. The Morgan fingerprint density at radius 3 is 2.53 bits per heavy atom. The van der Waals surface area contributed by atoms with Crippen molar-refractivity contribution in [2.45, 2.75) is 26.8 Å². The first-order valence-corrected chi connectivity index (χ1v) is 6.64. The lowest BCUT2D eigenvalue weighted by Crippen LogP contribution is -2.33. The van der Waals surface area contributed by atoms with Gasteiger partial charge in [-0.2, -0.15) is 0 Å². The van der Waals surface area contributed by atoms with Crippen LogP contribution in [0.25, 0.3) is 6.08 Å². The van der Waals surface area contributed by atoms with Crippen LogP contribution in [0.2, 0.25) is 5.02 Å². The second kappa shape index (κ2) is 6.62. The van der Waals surface area contributed by atoms with Crippen LogP contribution in [0.5, 0.6) is 0 Å². The molecule has 0 aliphatic carbocycles. The summed E-state index contributed by atoms with van der Waals surface area (Å²) in [5, 5.41) is 9.36. The minimum Gasteiger partial charge on any atom is -0.478 e. The normalized spacial score (nSPS) is 12.9. The molecule has 0 radical (unpaired) electrons. The van der Waals surface area contributed by atoms with E-state index in [0.29, 0.717) is 17.0 Å². The summed E-state index contributed by atoms with van der Waals surface area (Å²) in [4.78, 5) is 12.7. The third-order valence-electron chi connectivity index (χ3n) is 3.35. The average Bonchev–Trinajstić information content (AvgIpc) is 2.34. The van der Waals surface area contributed by atoms with Gasteiger partial charge >= 0.3 is 5.97 Å². The van der Waals surface area contributed by atoms with Gasteiger partial charge < -0.3 is 10.0 Å². The number of carboxylic acids is 1. The number of aliphatic carboxylic acids is 1. The van der Waals surface area contributed by atoms with Gasteiger partial charge in [-0.25, -0.2) is 4.79 Å². The van der Waals surface area contributed by atoms with E-state index in [0.717, 1.165) is 17.3 Å². The Hall–Kier alpha value is -1.48. The van der Waals surface area contributed by atoms with Crippen molar-refractivity contribution in [1.29, 1.82) is 0 Å². The van der Waals surface area contributed by atoms with Crippen LogP contribution in [0.1, 0.15) is 26.3 Å². The zero-order valence-electron chi connectivity index (χ0n) is 11.7. The average molecular weight is 282 g/mol. The van der Waals surface area contributed by atoms with Crippen LogP contribution >= 0.6 is 11.6 Å². The Morgan fingerprint density at radius 2 is 2.00 bits per heavy atom. The minimum absolute atomic E-state index is 0.303. The van der Waals surface area contributed by atoms with Crippen molar-refractivity contribution in [3.8, 4) is 0 Å². The zero-order valence-corrected chi connectivity index (χ0v) is 12.5. The highest BCUT2D eigenvalue weighted by atomic mass is 35.5. The second-order valence-corrected chi connectivity index (χ2v) is 5.35. The number of hydrogen-bond acceptors (Lipinski definition) is 2. The molecule has 104 valence electrons. The number of rotatable bonds is 5. The van der Waals surface area contributed by atoms with E-state index in [1.807, 2.05) is 25.2 Å². The lowest BCUT2D eigenvalue weighted by Gasteiger charge is -2.32. The van der Waals surface area contributed by atoms with Gasteiger partial charge in [0.15, 0.2) is 0 Å². The smallest absolute Gasteiger partial charge is 0.328 e. The Kier molecular flexibility index (Phi) is 5.43. The number of benzene rings is 1. The van der Waals surface area contributed by atoms with Gasteiger partial charge in [-0.15, -0.1) is 0 Å². The molecule has 0 aliphatic heterocycles. The molecule has 1 rings (SSSR count). The number of halogens is 1. The van der Waals surface area contributed by atoms with E-state index >= 15 is 0 Å². The molecule has 0 spiro atoms. The molecule has 0 amide bonds. The highest BCUT2D eigenvalue weighted by Crippen LogP contribution is 2.32. The van der Waals surface area contributed by atoms with Crippen LogP contribution in [-0.4, -0.2) is 24.2 Å². The van der Waals surface area contributed by atoms with Crippen molar-refractivity contribution in [3.63, 3.8) is 0 Å². The van der Waals surface area contributed by atoms with E-state index < -0.39 is 5.97 Å². The second-order valence-electron chi connectivity index (χ2n) is 4.94. The molecule has 0 fully saturated rings. The number of nitrogens with zero attached hydrogens (tertiary/aromatic N) is 1. The van der Waals surface area contributed by atoms with Crippen molar-refractivity contribution < 1.29 is 9.90 Å².